The molecule has 20 heavy (non-hydrogen) atoms. The molecule has 2 aromatic rings. The molecule has 0 spiro atoms. The highest BCUT2D eigenvalue weighted by Crippen LogP contribution is 2.37. The fourth-order valence-electron chi connectivity index (χ4n) is 1.66. The third kappa shape index (κ3) is 3.48. The van der Waals surface area contributed by atoms with Crippen LogP contribution >= 0.6 is 34.8 Å². The highest BCUT2D eigenvalue weighted by Gasteiger charge is 2.12. The molecule has 0 radical (unpaired) electrons. The van der Waals surface area contributed by atoms with E-state index in [-0.39, 0.29) is 6.61 Å². The molecule has 0 aliphatic carbocycles. The lowest BCUT2D eigenvalue weighted by Gasteiger charge is -2.14. The predicted molar refractivity (Wildman–Crippen MR) is 81.1 cm³/mol. The molecule has 0 bridgehead atoms. The third-order valence-corrected chi connectivity index (χ3v) is 3.60. The van der Waals surface area contributed by atoms with Crippen LogP contribution in [-0.4, -0.2) is 12.1 Å². The maximum absolute atomic E-state index is 6.19. The summed E-state index contributed by atoms with van der Waals surface area (Å²) in [5, 5.41) is 0.991. The molecule has 1 aromatic heterocycles. The van der Waals surface area contributed by atoms with E-state index in [0.717, 1.165) is 11.1 Å². The first-order valence-corrected chi connectivity index (χ1v) is 7.08. The van der Waals surface area contributed by atoms with E-state index in [0.29, 0.717) is 27.4 Å². The van der Waals surface area contributed by atoms with E-state index in [4.69, 9.17) is 44.3 Å². The van der Waals surface area contributed by atoms with Gasteiger partial charge in [-0.1, -0.05) is 23.2 Å². The summed E-state index contributed by atoms with van der Waals surface area (Å²) < 4.78 is 11.0. The Morgan fingerprint density at radius 3 is 2.65 bits per heavy atom. The molecule has 0 N–H and O–H groups in total. The smallest absolute Gasteiger partial charge is 0.180 e. The average Bonchev–Trinajstić information content (AvgIpc) is 2.46. The van der Waals surface area contributed by atoms with Crippen LogP contribution in [0.3, 0.4) is 0 Å². The summed E-state index contributed by atoms with van der Waals surface area (Å²) in [7, 11) is 1.55. The second kappa shape index (κ2) is 7.02. The molecule has 1 aromatic carbocycles. The Labute approximate surface area is 132 Å². The van der Waals surface area contributed by atoms with E-state index >= 15 is 0 Å². The molecule has 1 heterocycles. The van der Waals surface area contributed by atoms with Crippen LogP contribution in [-0.2, 0) is 12.5 Å². The molecular weight excluding hydrogens is 321 g/mol. The first-order chi connectivity index (χ1) is 9.65. The normalized spacial score (nSPS) is 10.4. The van der Waals surface area contributed by atoms with Crippen molar-refractivity contribution in [3.63, 3.8) is 0 Å². The molecule has 6 heteroatoms. The number of pyridine rings is 1. The molecule has 0 aliphatic rings. The Bertz CT molecular complexity index is 605. The van der Waals surface area contributed by atoms with Gasteiger partial charge in [0.15, 0.2) is 11.5 Å². The third-order valence-electron chi connectivity index (χ3n) is 2.67. The standard InChI is InChI=1S/C14H12Cl3NO2/c1-19-13-5-9(6-15)4-11(16)14(13)20-8-10-2-3-18-7-12(10)17/h2-5,7H,6,8H2,1H3. The summed E-state index contributed by atoms with van der Waals surface area (Å²) in [6, 6.07) is 5.33. The SMILES string of the molecule is COc1cc(CCl)cc(Cl)c1OCc1ccncc1Cl. The number of nitrogens with zero attached hydrogens (tertiary/aromatic N) is 1. The summed E-state index contributed by atoms with van der Waals surface area (Å²) in [6.45, 7) is 0.275. The zero-order valence-corrected chi connectivity index (χ0v) is 13.0. The molecule has 0 saturated heterocycles. The van der Waals surface area contributed by atoms with Crippen LogP contribution < -0.4 is 9.47 Å². The predicted octanol–water partition coefficient (Wildman–Crippen LogP) is 4.71. The van der Waals surface area contributed by atoms with Crippen LogP contribution in [0, 0.1) is 0 Å². The van der Waals surface area contributed by atoms with Crippen molar-refractivity contribution >= 4 is 34.8 Å². The number of rotatable bonds is 5. The number of ether oxygens (including phenoxy) is 2. The van der Waals surface area contributed by atoms with Crippen LogP contribution in [0.25, 0.3) is 0 Å². The van der Waals surface area contributed by atoms with Crippen molar-refractivity contribution in [2.45, 2.75) is 12.5 Å². The van der Waals surface area contributed by atoms with Crippen LogP contribution in [0.4, 0.5) is 0 Å². The molecule has 0 aliphatic heterocycles. The van der Waals surface area contributed by atoms with Gasteiger partial charge in [0.05, 0.1) is 17.2 Å². The molecule has 3 nitrogen and oxygen atoms in total. The van der Waals surface area contributed by atoms with Crippen molar-refractivity contribution in [1.82, 2.24) is 4.98 Å². The van der Waals surface area contributed by atoms with Gasteiger partial charge < -0.3 is 9.47 Å². The van der Waals surface area contributed by atoms with Gasteiger partial charge in [-0.3, -0.25) is 4.98 Å². The minimum Gasteiger partial charge on any atom is -0.493 e. The molecular formula is C14H12Cl3NO2. The van der Waals surface area contributed by atoms with E-state index < -0.39 is 0 Å². The zero-order chi connectivity index (χ0) is 14.5. The molecule has 0 unspecified atom stereocenters. The molecule has 0 amide bonds. The van der Waals surface area contributed by atoms with E-state index in [9.17, 15) is 0 Å². The number of aromatic nitrogens is 1. The number of halogens is 3. The summed E-state index contributed by atoms with van der Waals surface area (Å²) >= 11 is 18.0. The largest absolute Gasteiger partial charge is 0.493 e. The number of hydrogen-bond donors (Lipinski definition) is 0. The van der Waals surface area contributed by atoms with Crippen LogP contribution in [0.2, 0.25) is 10.0 Å². The van der Waals surface area contributed by atoms with Gasteiger partial charge in [-0.25, -0.2) is 0 Å². The van der Waals surface area contributed by atoms with E-state index in [1.807, 2.05) is 0 Å². The number of hydrogen-bond acceptors (Lipinski definition) is 3. The molecule has 106 valence electrons. The van der Waals surface area contributed by atoms with Crippen molar-refractivity contribution in [3.8, 4) is 11.5 Å². The second-order valence-corrected chi connectivity index (χ2v) is 5.08. The highest BCUT2D eigenvalue weighted by molar-refractivity contribution is 6.32. The van der Waals surface area contributed by atoms with Gasteiger partial charge in [-0.2, -0.15) is 0 Å². The number of benzene rings is 1. The summed E-state index contributed by atoms with van der Waals surface area (Å²) in [6.07, 6.45) is 3.22. The van der Waals surface area contributed by atoms with Gasteiger partial charge in [-0.15, -0.1) is 11.6 Å². The van der Waals surface area contributed by atoms with Gasteiger partial charge in [0.1, 0.15) is 6.61 Å². The van der Waals surface area contributed by atoms with Gasteiger partial charge in [0.2, 0.25) is 0 Å². The fraction of sp³-hybridized carbons (Fsp3) is 0.214. The minimum absolute atomic E-state index is 0.275. The summed E-state index contributed by atoms with van der Waals surface area (Å²) in [4.78, 5) is 3.92. The van der Waals surface area contributed by atoms with Gasteiger partial charge in [0.25, 0.3) is 0 Å². The average molecular weight is 333 g/mol. The van der Waals surface area contributed by atoms with Crippen molar-refractivity contribution in [3.05, 3.63) is 51.8 Å². The Balaban J connectivity index is 2.23. The van der Waals surface area contributed by atoms with E-state index in [1.165, 1.54) is 0 Å². The van der Waals surface area contributed by atoms with Gasteiger partial charge >= 0.3 is 0 Å². The first-order valence-electron chi connectivity index (χ1n) is 5.79. The fourth-order valence-corrected chi connectivity index (χ4v) is 2.28. The van der Waals surface area contributed by atoms with E-state index in [2.05, 4.69) is 4.98 Å². The number of alkyl halides is 1. The minimum atomic E-state index is 0.275. The van der Waals surface area contributed by atoms with Gasteiger partial charge in [0, 0.05) is 23.8 Å². The Morgan fingerprint density at radius 1 is 1.20 bits per heavy atom. The molecule has 2 rings (SSSR count). The molecule has 0 atom stereocenters. The summed E-state index contributed by atoms with van der Waals surface area (Å²) in [5.41, 5.74) is 1.68. The topological polar surface area (TPSA) is 31.4 Å². The summed E-state index contributed by atoms with van der Waals surface area (Å²) in [5.74, 6) is 1.36. The Morgan fingerprint density at radius 2 is 2.00 bits per heavy atom. The number of methoxy groups -OCH3 is 1. The van der Waals surface area contributed by atoms with Crippen LogP contribution in [0.1, 0.15) is 11.1 Å². The monoisotopic (exact) mass is 331 g/mol. The molecule has 0 fully saturated rings. The van der Waals surface area contributed by atoms with E-state index in [1.54, 1.807) is 37.7 Å². The lowest BCUT2D eigenvalue weighted by Crippen LogP contribution is -2.00. The second-order valence-electron chi connectivity index (χ2n) is 4.00. The maximum Gasteiger partial charge on any atom is 0.180 e. The highest BCUT2D eigenvalue weighted by atomic mass is 35.5. The van der Waals surface area contributed by atoms with Crippen molar-refractivity contribution in [2.75, 3.05) is 7.11 Å². The molecule has 0 saturated carbocycles. The van der Waals surface area contributed by atoms with Crippen molar-refractivity contribution in [1.29, 1.82) is 0 Å². The quantitative estimate of drug-likeness (QED) is 0.743. The lowest BCUT2D eigenvalue weighted by molar-refractivity contribution is 0.284. The Hall–Kier alpha value is -1.16. The van der Waals surface area contributed by atoms with Crippen LogP contribution in [0.5, 0.6) is 11.5 Å². The van der Waals surface area contributed by atoms with Gasteiger partial charge in [-0.05, 0) is 23.8 Å². The maximum atomic E-state index is 6.19. The van der Waals surface area contributed by atoms with Crippen molar-refractivity contribution < 1.29 is 9.47 Å². The first kappa shape index (κ1) is 15.2. The van der Waals surface area contributed by atoms with Crippen LogP contribution in [0.15, 0.2) is 30.6 Å². The Kier molecular flexibility index (Phi) is 5.35. The van der Waals surface area contributed by atoms with Crippen molar-refractivity contribution in [2.24, 2.45) is 0 Å². The lowest BCUT2D eigenvalue weighted by atomic mass is 10.2. The zero-order valence-electron chi connectivity index (χ0n) is 10.7.